The summed E-state index contributed by atoms with van der Waals surface area (Å²) < 4.78 is 14.6. The fourth-order valence-electron chi connectivity index (χ4n) is 3.05. The number of nitrogens with zero attached hydrogens (tertiary/aromatic N) is 4. The molecule has 0 amide bonds. The highest BCUT2D eigenvalue weighted by Gasteiger charge is 2.51. The van der Waals surface area contributed by atoms with Gasteiger partial charge in [-0.2, -0.15) is 9.97 Å². The lowest BCUT2D eigenvalue weighted by atomic mass is 10.0. The zero-order chi connectivity index (χ0) is 20.2. The number of aliphatic hydroxyl groups excluding tert-OH is 1. The van der Waals surface area contributed by atoms with Gasteiger partial charge in [0, 0.05) is 6.42 Å². The van der Waals surface area contributed by atoms with E-state index in [1.807, 2.05) is 6.92 Å². The van der Waals surface area contributed by atoms with E-state index in [9.17, 15) is 5.11 Å². The number of fused-ring (bicyclic) bond motifs is 1. The summed E-state index contributed by atoms with van der Waals surface area (Å²) in [7, 11) is -2.04. The highest BCUT2D eigenvalue weighted by Crippen LogP contribution is 2.45. The van der Waals surface area contributed by atoms with Gasteiger partial charge in [0.1, 0.15) is 17.3 Å². The van der Waals surface area contributed by atoms with Crippen LogP contribution in [0.25, 0.3) is 11.2 Å². The number of nitrogen functional groups attached to an aromatic ring is 2. The molecule has 0 aromatic carbocycles. The second-order valence-electron chi connectivity index (χ2n) is 8.94. The third-order valence-corrected chi connectivity index (χ3v) is 10.3. The average molecular weight is 395 g/mol. The monoisotopic (exact) mass is 394 g/mol. The maximum absolute atomic E-state index is 10.0. The van der Waals surface area contributed by atoms with E-state index < -0.39 is 20.1 Å². The average Bonchev–Trinajstić information content (AvgIpc) is 3.08. The van der Waals surface area contributed by atoms with E-state index in [4.69, 9.17) is 20.6 Å². The topological polar surface area (TPSA) is 134 Å². The van der Waals surface area contributed by atoms with Crippen molar-refractivity contribution in [3.63, 3.8) is 0 Å². The summed E-state index contributed by atoms with van der Waals surface area (Å²) in [6.07, 6.45) is 1.54. The van der Waals surface area contributed by atoms with Crippen LogP contribution in [-0.4, -0.2) is 51.3 Å². The first-order chi connectivity index (χ1) is 12.4. The van der Waals surface area contributed by atoms with Gasteiger partial charge in [0.25, 0.3) is 0 Å². The van der Waals surface area contributed by atoms with Crippen molar-refractivity contribution in [2.75, 3.05) is 18.1 Å². The molecule has 1 fully saturated rings. The molecule has 3 heterocycles. The van der Waals surface area contributed by atoms with Crippen LogP contribution in [0, 0.1) is 0 Å². The van der Waals surface area contributed by atoms with Crippen LogP contribution in [0.4, 0.5) is 11.8 Å². The molecular formula is C17H30N6O3Si. The minimum absolute atomic E-state index is 0.0548. The van der Waals surface area contributed by atoms with Gasteiger partial charge in [0.15, 0.2) is 19.8 Å². The fourth-order valence-corrected chi connectivity index (χ4v) is 4.46. The Morgan fingerprint density at radius 1 is 1.37 bits per heavy atom. The van der Waals surface area contributed by atoms with E-state index in [2.05, 4.69) is 48.8 Å². The summed E-state index contributed by atoms with van der Waals surface area (Å²) in [6.45, 7) is 12.7. The van der Waals surface area contributed by atoms with Crippen LogP contribution in [0.3, 0.4) is 0 Å². The number of aromatic nitrogens is 4. The molecule has 1 aliphatic rings. The molecule has 150 valence electrons. The highest BCUT2D eigenvalue weighted by molar-refractivity contribution is 6.74. The quantitative estimate of drug-likeness (QED) is 0.671. The second-order valence-corrected chi connectivity index (χ2v) is 13.7. The number of aliphatic hydroxyl groups is 1. The Bertz CT molecular complexity index is 849. The Hall–Kier alpha value is -1.75. The number of hydrogen-bond acceptors (Lipinski definition) is 8. The molecule has 0 spiro atoms. The SMILES string of the molecule is CC(C)(C)[Si](C)(C)O[C@H]1C[C@@H](n2cnc3c(N)nc(N)nc32)O[C@]1(C)CO. The predicted octanol–water partition coefficient (Wildman–Crippen LogP) is 2.05. The zero-order valence-electron chi connectivity index (χ0n) is 16.9. The van der Waals surface area contributed by atoms with Crippen LogP contribution in [0.5, 0.6) is 0 Å². The van der Waals surface area contributed by atoms with Gasteiger partial charge in [0.2, 0.25) is 5.95 Å². The summed E-state index contributed by atoms with van der Waals surface area (Å²) >= 11 is 0. The standard InChI is InChI=1S/C17H30N6O3Si/c1-16(2,3)27(5,6)26-10-7-11(25-17(10,4)8-24)23-9-20-12-13(18)21-15(19)22-14(12)23/h9-11,24H,7-8H2,1-6H3,(H4,18,19,21,22)/t10-,11-,17+/m0/s1. The molecule has 3 rings (SSSR count). The van der Waals surface area contributed by atoms with E-state index in [-0.39, 0.29) is 29.5 Å². The van der Waals surface area contributed by atoms with Crippen molar-refractivity contribution in [2.45, 2.75) is 70.2 Å². The van der Waals surface area contributed by atoms with Gasteiger partial charge >= 0.3 is 0 Å². The van der Waals surface area contributed by atoms with Crippen LogP contribution in [-0.2, 0) is 9.16 Å². The largest absolute Gasteiger partial charge is 0.411 e. The lowest BCUT2D eigenvalue weighted by Crippen LogP contribution is -2.50. The van der Waals surface area contributed by atoms with Gasteiger partial charge in [-0.15, -0.1) is 0 Å². The van der Waals surface area contributed by atoms with Crippen LogP contribution < -0.4 is 11.5 Å². The first-order valence-corrected chi connectivity index (χ1v) is 12.0. The number of hydrogen-bond donors (Lipinski definition) is 3. The Kier molecular flexibility index (Phi) is 4.74. The van der Waals surface area contributed by atoms with Crippen molar-refractivity contribution in [3.05, 3.63) is 6.33 Å². The molecule has 27 heavy (non-hydrogen) atoms. The maximum Gasteiger partial charge on any atom is 0.224 e. The Labute approximate surface area is 160 Å². The summed E-state index contributed by atoms with van der Waals surface area (Å²) in [5.74, 6) is 0.312. The number of imidazole rings is 1. The molecular weight excluding hydrogens is 364 g/mol. The normalized spacial score (nSPS) is 26.8. The molecule has 0 aliphatic carbocycles. The minimum atomic E-state index is -2.04. The first-order valence-electron chi connectivity index (χ1n) is 9.10. The van der Waals surface area contributed by atoms with Crippen molar-refractivity contribution in [3.8, 4) is 0 Å². The third kappa shape index (κ3) is 3.42. The summed E-state index contributed by atoms with van der Waals surface area (Å²) in [5, 5.41) is 10.1. The number of nitrogens with two attached hydrogens (primary N) is 2. The molecule has 0 bridgehead atoms. The first kappa shape index (κ1) is 20.0. The molecule has 9 nitrogen and oxygen atoms in total. The predicted molar refractivity (Wildman–Crippen MR) is 106 cm³/mol. The molecule has 1 saturated heterocycles. The van der Waals surface area contributed by atoms with Gasteiger partial charge in [-0.3, -0.25) is 4.57 Å². The smallest absolute Gasteiger partial charge is 0.224 e. The van der Waals surface area contributed by atoms with Crippen LogP contribution in [0.1, 0.15) is 40.3 Å². The fraction of sp³-hybridized carbons (Fsp3) is 0.706. The van der Waals surface area contributed by atoms with E-state index >= 15 is 0 Å². The third-order valence-electron chi connectivity index (χ3n) is 5.84. The van der Waals surface area contributed by atoms with Gasteiger partial charge < -0.3 is 25.7 Å². The van der Waals surface area contributed by atoms with Crippen LogP contribution >= 0.6 is 0 Å². The Morgan fingerprint density at radius 2 is 2.04 bits per heavy atom. The van der Waals surface area contributed by atoms with E-state index in [0.29, 0.717) is 17.6 Å². The Morgan fingerprint density at radius 3 is 2.63 bits per heavy atom. The van der Waals surface area contributed by atoms with Crippen molar-refractivity contribution in [2.24, 2.45) is 0 Å². The highest BCUT2D eigenvalue weighted by atomic mass is 28.4. The van der Waals surface area contributed by atoms with Gasteiger partial charge in [-0.05, 0) is 25.1 Å². The summed E-state index contributed by atoms with van der Waals surface area (Å²) in [4.78, 5) is 12.5. The van der Waals surface area contributed by atoms with Crippen molar-refractivity contribution in [1.29, 1.82) is 0 Å². The molecule has 0 saturated carbocycles. The van der Waals surface area contributed by atoms with E-state index in [0.717, 1.165) is 0 Å². The van der Waals surface area contributed by atoms with Gasteiger partial charge in [-0.25, -0.2) is 4.98 Å². The zero-order valence-corrected chi connectivity index (χ0v) is 17.9. The van der Waals surface area contributed by atoms with Gasteiger partial charge in [0.05, 0.1) is 19.0 Å². The number of rotatable bonds is 4. The van der Waals surface area contributed by atoms with E-state index in [1.165, 1.54) is 0 Å². The van der Waals surface area contributed by atoms with E-state index in [1.54, 1.807) is 10.9 Å². The number of anilines is 2. The number of ether oxygens (including phenoxy) is 1. The molecule has 2 aromatic rings. The van der Waals surface area contributed by atoms with Crippen molar-refractivity contribution in [1.82, 2.24) is 19.5 Å². The van der Waals surface area contributed by atoms with Gasteiger partial charge in [-0.1, -0.05) is 20.8 Å². The molecule has 0 radical (unpaired) electrons. The lowest BCUT2D eigenvalue weighted by molar-refractivity contribution is -0.112. The molecule has 2 aromatic heterocycles. The van der Waals surface area contributed by atoms with Crippen molar-refractivity contribution >= 4 is 31.2 Å². The molecule has 10 heteroatoms. The second kappa shape index (κ2) is 6.40. The Balaban J connectivity index is 1.94. The minimum Gasteiger partial charge on any atom is -0.411 e. The van der Waals surface area contributed by atoms with Crippen LogP contribution in [0.15, 0.2) is 6.33 Å². The lowest BCUT2D eigenvalue weighted by Gasteiger charge is -2.41. The maximum atomic E-state index is 10.0. The van der Waals surface area contributed by atoms with Crippen LogP contribution in [0.2, 0.25) is 18.1 Å². The molecule has 1 aliphatic heterocycles. The molecule has 5 N–H and O–H groups in total. The summed E-state index contributed by atoms with van der Waals surface area (Å²) in [6, 6.07) is 0. The summed E-state index contributed by atoms with van der Waals surface area (Å²) in [5.41, 5.74) is 11.8. The molecule has 0 unspecified atom stereocenters. The molecule has 3 atom stereocenters. The van der Waals surface area contributed by atoms with Crippen molar-refractivity contribution < 1.29 is 14.3 Å².